The predicted molar refractivity (Wildman–Crippen MR) is 70.3 cm³/mol. The van der Waals surface area contributed by atoms with Crippen molar-refractivity contribution in [3.8, 4) is 0 Å². The zero-order chi connectivity index (χ0) is 13.6. The molecule has 2 aromatic heterocycles. The highest BCUT2D eigenvalue weighted by atomic mass is 35.5. The summed E-state index contributed by atoms with van der Waals surface area (Å²) in [5, 5.41) is 11.9. The van der Waals surface area contributed by atoms with Crippen molar-refractivity contribution >= 4 is 34.4 Å². The summed E-state index contributed by atoms with van der Waals surface area (Å²) in [4.78, 5) is 21.4. The molecule has 0 unspecified atom stereocenters. The van der Waals surface area contributed by atoms with Crippen LogP contribution in [0.5, 0.6) is 0 Å². The van der Waals surface area contributed by atoms with Gasteiger partial charge in [0, 0.05) is 29.7 Å². The smallest absolute Gasteiger partial charge is 0.161 e. The van der Waals surface area contributed by atoms with Crippen LogP contribution in [0.3, 0.4) is 0 Å². The van der Waals surface area contributed by atoms with Gasteiger partial charge in [0.1, 0.15) is 5.82 Å². The molecule has 19 heavy (non-hydrogen) atoms. The zero-order valence-corrected chi connectivity index (χ0v) is 11.0. The average molecular weight is 277 g/mol. The van der Waals surface area contributed by atoms with Gasteiger partial charge in [-0.25, -0.2) is 9.97 Å². The number of anilines is 1. The van der Waals surface area contributed by atoms with Gasteiger partial charge in [0.05, 0.1) is 11.0 Å². The number of halogens is 1. The maximum absolute atomic E-state index is 10.8. The highest BCUT2D eigenvalue weighted by Crippen LogP contribution is 2.32. The number of hydrogen-bond acceptors (Lipinski definition) is 5. The molecule has 6 heteroatoms. The minimum absolute atomic E-state index is 0.0236. The lowest BCUT2D eigenvalue weighted by Crippen LogP contribution is -2.46. The largest absolute Gasteiger partial charge is 0.545 e. The Morgan fingerprint density at radius 2 is 2.32 bits per heavy atom. The summed E-state index contributed by atoms with van der Waals surface area (Å²) in [7, 11) is 0. The van der Waals surface area contributed by atoms with Crippen molar-refractivity contribution < 1.29 is 9.90 Å². The Bertz CT molecular complexity index is 674. The van der Waals surface area contributed by atoms with Gasteiger partial charge in [0.25, 0.3) is 0 Å². The van der Waals surface area contributed by atoms with E-state index in [0.29, 0.717) is 27.9 Å². The van der Waals surface area contributed by atoms with Gasteiger partial charge in [-0.05, 0) is 25.5 Å². The lowest BCUT2D eigenvalue weighted by atomic mass is 10.1. The Hall–Kier alpha value is -1.88. The van der Waals surface area contributed by atoms with Gasteiger partial charge in [-0.3, -0.25) is 0 Å². The maximum atomic E-state index is 10.8. The summed E-state index contributed by atoms with van der Waals surface area (Å²) >= 11 is 6.21. The number of aromatic nitrogens is 2. The average Bonchev–Trinajstić information content (AvgIpc) is 2.37. The lowest BCUT2D eigenvalue weighted by Gasteiger charge is -2.40. The third-order valence-electron chi connectivity index (χ3n) is 3.43. The molecule has 5 nitrogen and oxygen atoms in total. The van der Waals surface area contributed by atoms with E-state index in [-0.39, 0.29) is 5.56 Å². The van der Waals surface area contributed by atoms with Crippen molar-refractivity contribution in [1.29, 1.82) is 0 Å². The van der Waals surface area contributed by atoms with Crippen LogP contribution in [0.4, 0.5) is 5.82 Å². The number of carboxylic acid groups (broad SMARTS) is 1. The first-order valence-corrected chi connectivity index (χ1v) is 6.38. The van der Waals surface area contributed by atoms with Crippen LogP contribution in [0.1, 0.15) is 23.7 Å². The molecule has 1 atom stereocenters. The van der Waals surface area contributed by atoms with Gasteiger partial charge in [0.2, 0.25) is 0 Å². The van der Waals surface area contributed by atoms with Crippen LogP contribution in [0, 0.1) is 0 Å². The van der Waals surface area contributed by atoms with Crippen molar-refractivity contribution in [3.63, 3.8) is 0 Å². The molecule has 0 bridgehead atoms. The highest BCUT2D eigenvalue weighted by molar-refractivity contribution is 6.33. The molecular weight excluding hydrogens is 266 g/mol. The summed E-state index contributed by atoms with van der Waals surface area (Å²) in [6.45, 7) is 3.04. The van der Waals surface area contributed by atoms with Crippen molar-refractivity contribution in [2.45, 2.75) is 19.4 Å². The molecule has 0 saturated carbocycles. The molecule has 0 spiro atoms. The Kier molecular flexibility index (Phi) is 2.78. The topological polar surface area (TPSA) is 69.2 Å². The number of carboxylic acids is 1. The summed E-state index contributed by atoms with van der Waals surface area (Å²) in [5.41, 5.74) is 0.513. The SMILES string of the molecule is C[C@H]1CCN1c1nc2ncc(C(=O)[O-])cc2cc1Cl. The van der Waals surface area contributed by atoms with E-state index in [2.05, 4.69) is 21.8 Å². The summed E-state index contributed by atoms with van der Waals surface area (Å²) in [6.07, 6.45) is 2.37. The van der Waals surface area contributed by atoms with Gasteiger partial charge in [-0.1, -0.05) is 11.6 Å². The van der Waals surface area contributed by atoms with E-state index < -0.39 is 5.97 Å². The van der Waals surface area contributed by atoms with Gasteiger partial charge >= 0.3 is 0 Å². The molecule has 1 aliphatic rings. The second-order valence-electron chi connectivity index (χ2n) is 4.68. The number of nitrogens with zero attached hydrogens (tertiary/aromatic N) is 3. The number of aromatic carboxylic acids is 1. The number of fused-ring (bicyclic) bond motifs is 1. The summed E-state index contributed by atoms with van der Waals surface area (Å²) in [5.74, 6) is -0.549. The van der Waals surface area contributed by atoms with Crippen LogP contribution in [0.2, 0.25) is 5.02 Å². The highest BCUT2D eigenvalue weighted by Gasteiger charge is 2.27. The molecule has 0 aromatic carbocycles. The molecule has 0 radical (unpaired) electrons. The standard InChI is InChI=1S/C13H12ClN3O2/c1-7-2-3-17(7)12-10(14)5-8-4-9(13(18)19)6-15-11(8)16-12/h4-7H,2-3H2,1H3,(H,18,19)/p-1/t7-/m0/s1. The fraction of sp³-hybridized carbons (Fsp3) is 0.308. The second kappa shape index (κ2) is 4.35. The Morgan fingerprint density at radius 3 is 2.89 bits per heavy atom. The molecule has 0 aliphatic carbocycles. The van der Waals surface area contributed by atoms with Crippen LogP contribution in [0.15, 0.2) is 18.3 Å². The first-order valence-electron chi connectivity index (χ1n) is 6.00. The fourth-order valence-corrected chi connectivity index (χ4v) is 2.44. The Morgan fingerprint density at radius 1 is 1.53 bits per heavy atom. The molecule has 1 fully saturated rings. The minimum atomic E-state index is -1.26. The quantitative estimate of drug-likeness (QED) is 0.825. The number of carbonyl (C=O) groups is 1. The van der Waals surface area contributed by atoms with E-state index in [1.165, 1.54) is 12.3 Å². The van der Waals surface area contributed by atoms with Crippen LogP contribution >= 0.6 is 11.6 Å². The molecule has 1 aliphatic heterocycles. The van der Waals surface area contributed by atoms with E-state index in [0.717, 1.165) is 13.0 Å². The van der Waals surface area contributed by atoms with Crippen molar-refractivity contribution in [1.82, 2.24) is 9.97 Å². The molecule has 98 valence electrons. The second-order valence-corrected chi connectivity index (χ2v) is 5.09. The Balaban J connectivity index is 2.11. The maximum Gasteiger partial charge on any atom is 0.161 e. The van der Waals surface area contributed by atoms with Crippen molar-refractivity contribution in [2.24, 2.45) is 0 Å². The molecule has 1 saturated heterocycles. The number of pyridine rings is 2. The Labute approximate surface area is 114 Å². The molecule has 0 N–H and O–H groups in total. The minimum Gasteiger partial charge on any atom is -0.545 e. The molecule has 3 heterocycles. The first kappa shape index (κ1) is 12.2. The number of rotatable bonds is 2. The van der Waals surface area contributed by atoms with Gasteiger partial charge in [-0.15, -0.1) is 0 Å². The van der Waals surface area contributed by atoms with E-state index >= 15 is 0 Å². The summed E-state index contributed by atoms with van der Waals surface area (Å²) < 4.78 is 0. The molecular formula is C13H11ClN3O2-. The van der Waals surface area contributed by atoms with E-state index in [4.69, 9.17) is 11.6 Å². The third kappa shape index (κ3) is 2.00. The molecule has 0 amide bonds. The van der Waals surface area contributed by atoms with Gasteiger partial charge in [-0.2, -0.15) is 0 Å². The monoisotopic (exact) mass is 276 g/mol. The number of hydrogen-bond donors (Lipinski definition) is 0. The van der Waals surface area contributed by atoms with Gasteiger partial charge in [0.15, 0.2) is 5.65 Å². The van der Waals surface area contributed by atoms with E-state index in [9.17, 15) is 9.90 Å². The van der Waals surface area contributed by atoms with Crippen LogP contribution in [-0.2, 0) is 0 Å². The van der Waals surface area contributed by atoms with Crippen LogP contribution in [-0.4, -0.2) is 28.5 Å². The molecule has 2 aromatic rings. The molecule has 3 rings (SSSR count). The van der Waals surface area contributed by atoms with Crippen LogP contribution < -0.4 is 10.0 Å². The third-order valence-corrected chi connectivity index (χ3v) is 3.71. The van der Waals surface area contributed by atoms with Crippen LogP contribution in [0.25, 0.3) is 11.0 Å². The zero-order valence-electron chi connectivity index (χ0n) is 10.3. The normalized spacial score (nSPS) is 18.4. The van der Waals surface area contributed by atoms with Gasteiger partial charge < -0.3 is 14.8 Å². The first-order chi connectivity index (χ1) is 9.06. The summed E-state index contributed by atoms with van der Waals surface area (Å²) in [6, 6.07) is 3.59. The fourth-order valence-electron chi connectivity index (χ4n) is 2.17. The lowest BCUT2D eigenvalue weighted by molar-refractivity contribution is -0.255. The number of carbonyl (C=O) groups excluding carboxylic acids is 1. The van der Waals surface area contributed by atoms with Crippen molar-refractivity contribution in [3.05, 3.63) is 28.9 Å². The van der Waals surface area contributed by atoms with E-state index in [1.807, 2.05) is 0 Å². The van der Waals surface area contributed by atoms with E-state index in [1.54, 1.807) is 6.07 Å². The predicted octanol–water partition coefficient (Wildman–Crippen LogP) is 1.25. The van der Waals surface area contributed by atoms with Crippen molar-refractivity contribution in [2.75, 3.05) is 11.4 Å².